The Kier molecular flexibility index (Phi) is 4.06. The van der Waals surface area contributed by atoms with Gasteiger partial charge in [-0.15, -0.1) is 0 Å². The number of aryl methyl sites for hydroxylation is 1. The zero-order valence-corrected chi connectivity index (χ0v) is 13.5. The van der Waals surface area contributed by atoms with E-state index in [1.807, 2.05) is 19.9 Å². The van der Waals surface area contributed by atoms with Crippen LogP contribution in [0.5, 0.6) is 0 Å². The van der Waals surface area contributed by atoms with Crippen LogP contribution in [0.3, 0.4) is 0 Å². The molecule has 0 radical (unpaired) electrons. The van der Waals surface area contributed by atoms with Crippen LogP contribution >= 0.6 is 0 Å². The van der Waals surface area contributed by atoms with Gasteiger partial charge in [-0.1, -0.05) is 35.0 Å². The van der Waals surface area contributed by atoms with Gasteiger partial charge in [-0.05, 0) is 40.2 Å². The number of hydrogen-bond acceptors (Lipinski definition) is 4. The maximum Gasteiger partial charge on any atom is 0.151 e. The second-order valence-corrected chi connectivity index (χ2v) is 6.83. The monoisotopic (exact) mass is 300 g/mol. The van der Waals surface area contributed by atoms with Gasteiger partial charge < -0.3 is 9.63 Å². The molecule has 1 atom stereocenters. The fourth-order valence-corrected chi connectivity index (χ4v) is 3.26. The first-order valence-electron chi connectivity index (χ1n) is 7.92. The third kappa shape index (κ3) is 3.23. The minimum atomic E-state index is -0.684. The third-order valence-corrected chi connectivity index (χ3v) is 4.44. The summed E-state index contributed by atoms with van der Waals surface area (Å²) in [6, 6.07) is 10.5. The van der Waals surface area contributed by atoms with E-state index in [2.05, 4.69) is 41.2 Å². The van der Waals surface area contributed by atoms with Crippen molar-refractivity contribution >= 4 is 0 Å². The van der Waals surface area contributed by atoms with Gasteiger partial charge in [0.15, 0.2) is 5.76 Å². The van der Waals surface area contributed by atoms with Crippen molar-refractivity contribution in [3.8, 4) is 11.3 Å². The Morgan fingerprint density at radius 3 is 2.73 bits per heavy atom. The summed E-state index contributed by atoms with van der Waals surface area (Å²) in [5, 5.41) is 14.5. The Morgan fingerprint density at radius 1 is 1.32 bits per heavy atom. The number of hydrogen-bond donors (Lipinski definition) is 1. The number of benzene rings is 1. The van der Waals surface area contributed by atoms with Crippen molar-refractivity contribution in [2.45, 2.75) is 51.8 Å². The van der Waals surface area contributed by atoms with Gasteiger partial charge in [0.1, 0.15) is 5.69 Å². The van der Waals surface area contributed by atoms with Crippen LogP contribution in [-0.4, -0.2) is 33.4 Å². The highest BCUT2D eigenvalue weighted by atomic mass is 16.5. The normalized spacial score (nSPS) is 19.7. The van der Waals surface area contributed by atoms with Crippen LogP contribution in [0.15, 0.2) is 34.9 Å². The summed E-state index contributed by atoms with van der Waals surface area (Å²) in [6.45, 7) is 7.53. The molecule has 3 rings (SSSR count). The fraction of sp³-hybridized carbons (Fsp3) is 0.500. The molecule has 1 aromatic heterocycles. The van der Waals surface area contributed by atoms with Gasteiger partial charge in [-0.2, -0.15) is 0 Å². The van der Waals surface area contributed by atoms with Gasteiger partial charge in [-0.25, -0.2) is 0 Å². The van der Waals surface area contributed by atoms with Crippen molar-refractivity contribution in [1.29, 1.82) is 0 Å². The Balaban J connectivity index is 1.73. The summed E-state index contributed by atoms with van der Waals surface area (Å²) >= 11 is 0. The largest absolute Gasteiger partial charge is 0.389 e. The summed E-state index contributed by atoms with van der Waals surface area (Å²) in [7, 11) is 0. The van der Waals surface area contributed by atoms with Crippen molar-refractivity contribution < 1.29 is 9.63 Å². The van der Waals surface area contributed by atoms with Crippen molar-refractivity contribution in [3.05, 3.63) is 41.7 Å². The molecule has 0 spiro atoms. The van der Waals surface area contributed by atoms with Gasteiger partial charge in [-0.3, -0.25) is 4.90 Å². The third-order valence-electron chi connectivity index (χ3n) is 4.44. The lowest BCUT2D eigenvalue weighted by molar-refractivity contribution is -0.00725. The predicted octanol–water partition coefficient (Wildman–Crippen LogP) is 3.39. The zero-order chi connectivity index (χ0) is 15.7. The van der Waals surface area contributed by atoms with E-state index in [1.54, 1.807) is 0 Å². The van der Waals surface area contributed by atoms with Crippen molar-refractivity contribution in [1.82, 2.24) is 10.1 Å². The molecule has 1 aromatic carbocycles. The van der Waals surface area contributed by atoms with Crippen LogP contribution in [0.4, 0.5) is 0 Å². The van der Waals surface area contributed by atoms with Crippen LogP contribution in [0, 0.1) is 6.92 Å². The molecule has 1 unspecified atom stereocenters. The molecule has 4 heteroatoms. The quantitative estimate of drug-likeness (QED) is 0.940. The highest BCUT2D eigenvalue weighted by Crippen LogP contribution is 2.29. The van der Waals surface area contributed by atoms with E-state index in [9.17, 15) is 5.11 Å². The Labute approximate surface area is 131 Å². The van der Waals surface area contributed by atoms with E-state index in [1.165, 1.54) is 5.56 Å². The van der Waals surface area contributed by atoms with E-state index in [0.29, 0.717) is 6.54 Å². The minimum Gasteiger partial charge on any atom is -0.389 e. The van der Waals surface area contributed by atoms with Gasteiger partial charge in [0, 0.05) is 17.7 Å². The standard InChI is InChI=1S/C18H24N2O2/c1-13-6-8-14(9-7-13)16-11-15(22-19-16)12-20-10-4-5-17(20)18(2,3)21/h6-9,11,17,21H,4-5,10,12H2,1-3H3. The smallest absolute Gasteiger partial charge is 0.151 e. The van der Waals surface area contributed by atoms with E-state index in [0.717, 1.165) is 36.4 Å². The second-order valence-electron chi connectivity index (χ2n) is 6.83. The van der Waals surface area contributed by atoms with Crippen LogP contribution in [0.25, 0.3) is 11.3 Å². The van der Waals surface area contributed by atoms with E-state index >= 15 is 0 Å². The zero-order valence-electron chi connectivity index (χ0n) is 13.5. The molecule has 0 amide bonds. The summed E-state index contributed by atoms with van der Waals surface area (Å²) in [6.07, 6.45) is 2.15. The molecule has 1 N–H and O–H groups in total. The van der Waals surface area contributed by atoms with Crippen LogP contribution in [-0.2, 0) is 6.54 Å². The first-order chi connectivity index (χ1) is 10.4. The molecule has 22 heavy (non-hydrogen) atoms. The second kappa shape index (κ2) is 5.86. The molecular weight excluding hydrogens is 276 g/mol. The van der Waals surface area contributed by atoms with Crippen LogP contribution in [0.2, 0.25) is 0 Å². The fourth-order valence-electron chi connectivity index (χ4n) is 3.26. The molecule has 1 saturated heterocycles. The number of aliphatic hydroxyl groups is 1. The minimum absolute atomic E-state index is 0.181. The van der Waals surface area contributed by atoms with Crippen LogP contribution < -0.4 is 0 Å². The number of rotatable bonds is 4. The van der Waals surface area contributed by atoms with Gasteiger partial charge in [0.05, 0.1) is 12.1 Å². The SMILES string of the molecule is Cc1ccc(-c2cc(CN3CCCC3C(C)(C)O)on2)cc1. The lowest BCUT2D eigenvalue weighted by atomic mass is 9.96. The maximum atomic E-state index is 10.3. The van der Waals surface area contributed by atoms with E-state index in [4.69, 9.17) is 4.52 Å². The average molecular weight is 300 g/mol. The van der Waals surface area contributed by atoms with Gasteiger partial charge in [0.2, 0.25) is 0 Å². The predicted molar refractivity (Wildman–Crippen MR) is 86.4 cm³/mol. The van der Waals surface area contributed by atoms with E-state index < -0.39 is 5.60 Å². The topological polar surface area (TPSA) is 49.5 Å². The lowest BCUT2D eigenvalue weighted by Gasteiger charge is -2.33. The van der Waals surface area contributed by atoms with Crippen molar-refractivity contribution in [3.63, 3.8) is 0 Å². The van der Waals surface area contributed by atoms with Crippen LogP contribution in [0.1, 0.15) is 38.0 Å². The molecule has 0 saturated carbocycles. The maximum absolute atomic E-state index is 10.3. The molecule has 4 nitrogen and oxygen atoms in total. The summed E-state index contributed by atoms with van der Waals surface area (Å²) < 4.78 is 5.50. The molecule has 1 fully saturated rings. The van der Waals surface area contributed by atoms with Crippen molar-refractivity contribution in [2.24, 2.45) is 0 Å². The molecule has 118 valence electrons. The highest BCUT2D eigenvalue weighted by molar-refractivity contribution is 5.59. The van der Waals surface area contributed by atoms with Crippen molar-refractivity contribution in [2.75, 3.05) is 6.54 Å². The molecule has 1 aliphatic heterocycles. The van der Waals surface area contributed by atoms with Gasteiger partial charge >= 0.3 is 0 Å². The molecule has 0 bridgehead atoms. The molecular formula is C18H24N2O2. The molecule has 2 aromatic rings. The van der Waals surface area contributed by atoms with Gasteiger partial charge in [0.25, 0.3) is 0 Å². The Bertz CT molecular complexity index is 625. The molecule has 2 heterocycles. The number of likely N-dealkylation sites (tertiary alicyclic amines) is 1. The summed E-state index contributed by atoms with van der Waals surface area (Å²) in [5.74, 6) is 0.853. The first-order valence-corrected chi connectivity index (χ1v) is 7.92. The van der Waals surface area contributed by atoms with E-state index in [-0.39, 0.29) is 6.04 Å². The average Bonchev–Trinajstić information content (AvgIpc) is 3.09. The summed E-state index contributed by atoms with van der Waals surface area (Å²) in [4.78, 5) is 2.29. The number of aromatic nitrogens is 1. The molecule has 0 aliphatic carbocycles. The number of nitrogens with zero attached hydrogens (tertiary/aromatic N) is 2. The summed E-state index contributed by atoms with van der Waals surface area (Å²) in [5.41, 5.74) is 2.49. The Hall–Kier alpha value is -1.65. The lowest BCUT2D eigenvalue weighted by Crippen LogP contribution is -2.45. The molecule has 1 aliphatic rings. The Morgan fingerprint density at radius 2 is 2.05 bits per heavy atom. The highest BCUT2D eigenvalue weighted by Gasteiger charge is 2.36. The first kappa shape index (κ1) is 15.3.